The lowest BCUT2D eigenvalue weighted by molar-refractivity contribution is 0.159. The van der Waals surface area contributed by atoms with Crippen molar-refractivity contribution in [3.8, 4) is 12.1 Å². The van der Waals surface area contributed by atoms with Crippen LogP contribution in [0.4, 0.5) is 0 Å². The second-order valence-electron chi connectivity index (χ2n) is 4.58. The number of fused-ring (bicyclic) bond motifs is 2. The van der Waals surface area contributed by atoms with Gasteiger partial charge in [-0.05, 0) is 12.5 Å². The molecule has 0 bridgehead atoms. The van der Waals surface area contributed by atoms with Gasteiger partial charge in [0.25, 0.3) is 0 Å². The molecule has 0 atom stereocenters. The van der Waals surface area contributed by atoms with Crippen molar-refractivity contribution >= 4 is 11.3 Å². The highest BCUT2D eigenvalue weighted by Crippen LogP contribution is 2.36. The maximum absolute atomic E-state index is 9.10. The molecule has 0 radical (unpaired) electrons. The maximum atomic E-state index is 9.10. The molecular formula is C15H11N5O. The normalized spacial score (nSPS) is 17.2. The molecule has 0 unspecified atom stereocenters. The topological polar surface area (TPSA) is 95.0 Å². The van der Waals surface area contributed by atoms with Crippen LogP contribution in [0.15, 0.2) is 22.9 Å². The van der Waals surface area contributed by atoms with Crippen molar-refractivity contribution in [2.24, 2.45) is 5.16 Å². The van der Waals surface area contributed by atoms with E-state index in [4.69, 9.17) is 15.4 Å². The molecule has 6 nitrogen and oxygen atoms in total. The Balaban J connectivity index is 2.14. The molecule has 1 aromatic rings. The molecule has 1 aromatic heterocycles. The van der Waals surface area contributed by atoms with Crippen LogP contribution >= 0.6 is 0 Å². The molecule has 0 N–H and O–H groups in total. The van der Waals surface area contributed by atoms with E-state index in [9.17, 15) is 0 Å². The van der Waals surface area contributed by atoms with Gasteiger partial charge in [0.2, 0.25) is 0 Å². The average molecular weight is 277 g/mol. The fourth-order valence-electron chi connectivity index (χ4n) is 2.47. The third-order valence-electron chi connectivity index (χ3n) is 3.32. The highest BCUT2D eigenvalue weighted by atomic mass is 16.6. The van der Waals surface area contributed by atoms with Gasteiger partial charge in [-0.25, -0.2) is 9.97 Å². The van der Waals surface area contributed by atoms with E-state index in [1.54, 1.807) is 0 Å². The Bertz CT molecular complexity index is 790. The van der Waals surface area contributed by atoms with Crippen LogP contribution in [0.5, 0.6) is 0 Å². The molecule has 0 fully saturated rings. The van der Waals surface area contributed by atoms with Crippen LogP contribution < -0.4 is 0 Å². The molecule has 2 aliphatic rings. The molecule has 102 valence electrons. The van der Waals surface area contributed by atoms with Gasteiger partial charge in [0.05, 0.1) is 17.1 Å². The van der Waals surface area contributed by atoms with Crippen LogP contribution in [-0.4, -0.2) is 22.3 Å². The Morgan fingerprint density at radius 1 is 1.29 bits per heavy atom. The van der Waals surface area contributed by atoms with Crippen LogP contribution in [0.2, 0.25) is 0 Å². The zero-order chi connectivity index (χ0) is 14.8. The molecule has 0 aromatic carbocycles. The Morgan fingerprint density at radius 3 is 2.76 bits per heavy atom. The third kappa shape index (κ3) is 2.07. The Kier molecular flexibility index (Phi) is 3.21. The molecule has 3 rings (SSSR count). The Labute approximate surface area is 121 Å². The first kappa shape index (κ1) is 13.0. The van der Waals surface area contributed by atoms with Crippen LogP contribution in [-0.2, 0) is 11.3 Å². The summed E-state index contributed by atoms with van der Waals surface area (Å²) >= 11 is 0. The summed E-state index contributed by atoms with van der Waals surface area (Å²) < 4.78 is 0. The van der Waals surface area contributed by atoms with Crippen LogP contribution in [0.1, 0.15) is 36.1 Å². The lowest BCUT2D eigenvalue weighted by Gasteiger charge is -2.11. The number of allylic oxidation sites excluding steroid dienone is 4. The summed E-state index contributed by atoms with van der Waals surface area (Å²) in [7, 11) is 0. The molecule has 0 amide bonds. The van der Waals surface area contributed by atoms with Crippen LogP contribution in [0, 0.1) is 22.7 Å². The van der Waals surface area contributed by atoms with E-state index >= 15 is 0 Å². The van der Waals surface area contributed by atoms with Crippen molar-refractivity contribution in [2.45, 2.75) is 19.8 Å². The molecule has 1 heterocycles. The number of hydrogen-bond acceptors (Lipinski definition) is 6. The van der Waals surface area contributed by atoms with Crippen molar-refractivity contribution in [2.75, 3.05) is 6.61 Å². The second kappa shape index (κ2) is 5.18. The summed E-state index contributed by atoms with van der Waals surface area (Å²) in [5.74, 6) is 0. The molecule has 6 heteroatoms. The predicted octanol–water partition coefficient (Wildman–Crippen LogP) is 1.88. The first-order valence-corrected chi connectivity index (χ1v) is 6.58. The zero-order valence-corrected chi connectivity index (χ0v) is 11.4. The number of nitriles is 2. The van der Waals surface area contributed by atoms with E-state index in [0.717, 1.165) is 16.9 Å². The lowest BCUT2D eigenvalue weighted by Crippen LogP contribution is -2.08. The maximum Gasteiger partial charge on any atom is 0.177 e. The van der Waals surface area contributed by atoms with Crippen molar-refractivity contribution in [3.05, 3.63) is 40.5 Å². The van der Waals surface area contributed by atoms with Gasteiger partial charge in [0, 0.05) is 18.4 Å². The minimum Gasteiger partial charge on any atom is -0.396 e. The summed E-state index contributed by atoms with van der Waals surface area (Å²) in [6.07, 6.45) is 5.28. The van der Waals surface area contributed by atoms with E-state index in [1.165, 1.54) is 0 Å². The van der Waals surface area contributed by atoms with Crippen molar-refractivity contribution in [3.63, 3.8) is 0 Å². The zero-order valence-electron chi connectivity index (χ0n) is 11.4. The quantitative estimate of drug-likeness (QED) is 0.769. The molecular weight excluding hydrogens is 266 g/mol. The van der Waals surface area contributed by atoms with Crippen molar-refractivity contribution in [1.29, 1.82) is 10.5 Å². The van der Waals surface area contributed by atoms with Gasteiger partial charge in [0.1, 0.15) is 18.7 Å². The van der Waals surface area contributed by atoms with Gasteiger partial charge in [-0.3, -0.25) is 0 Å². The highest BCUT2D eigenvalue weighted by molar-refractivity contribution is 6.27. The number of oxime groups is 1. The van der Waals surface area contributed by atoms with Gasteiger partial charge in [-0.1, -0.05) is 17.3 Å². The summed E-state index contributed by atoms with van der Waals surface area (Å²) in [6.45, 7) is 2.36. The predicted molar refractivity (Wildman–Crippen MR) is 74.9 cm³/mol. The van der Waals surface area contributed by atoms with E-state index < -0.39 is 0 Å². The van der Waals surface area contributed by atoms with Gasteiger partial charge >= 0.3 is 0 Å². The first-order valence-electron chi connectivity index (χ1n) is 6.58. The fourth-order valence-corrected chi connectivity index (χ4v) is 2.47. The largest absolute Gasteiger partial charge is 0.396 e. The van der Waals surface area contributed by atoms with E-state index in [1.807, 2.05) is 31.2 Å². The van der Waals surface area contributed by atoms with Crippen molar-refractivity contribution < 1.29 is 4.84 Å². The van der Waals surface area contributed by atoms with Crippen LogP contribution in [0.3, 0.4) is 0 Å². The molecule has 0 saturated heterocycles. The number of nitrogens with zero attached hydrogens (tertiary/aromatic N) is 5. The smallest absolute Gasteiger partial charge is 0.177 e. The minimum absolute atomic E-state index is 0.0512. The molecule has 2 aliphatic carbocycles. The molecule has 0 saturated carbocycles. The van der Waals surface area contributed by atoms with Gasteiger partial charge in [0.15, 0.2) is 11.4 Å². The average Bonchev–Trinajstić information content (AvgIpc) is 2.89. The summed E-state index contributed by atoms with van der Waals surface area (Å²) in [5.41, 5.74) is 4.20. The van der Waals surface area contributed by atoms with E-state index in [0.29, 0.717) is 30.8 Å². The lowest BCUT2D eigenvalue weighted by atomic mass is 9.97. The Hall–Kier alpha value is -2.99. The van der Waals surface area contributed by atoms with E-state index in [2.05, 4.69) is 15.1 Å². The minimum atomic E-state index is 0.0512. The number of aromatic nitrogens is 2. The van der Waals surface area contributed by atoms with E-state index in [-0.39, 0.29) is 11.4 Å². The van der Waals surface area contributed by atoms with Gasteiger partial charge in [-0.2, -0.15) is 10.5 Å². The summed E-state index contributed by atoms with van der Waals surface area (Å²) in [6, 6.07) is 3.84. The standard InChI is InChI=1S/C15H11N5O/c1-2-21-20-10-5-3-4-9-6-11-15(14(9)10)19-13(8-17)12(7-16)18-11/h3-4H,2,5-6H2,1H3. The number of hydrogen-bond donors (Lipinski definition) is 0. The molecule has 0 aliphatic heterocycles. The van der Waals surface area contributed by atoms with Gasteiger partial charge in [-0.15, -0.1) is 0 Å². The molecule has 21 heavy (non-hydrogen) atoms. The Morgan fingerprint density at radius 2 is 2.05 bits per heavy atom. The highest BCUT2D eigenvalue weighted by Gasteiger charge is 2.30. The number of rotatable bonds is 2. The SMILES string of the molecule is CCON=C1CC=CC2=C1c1nc(C#N)c(C#N)nc1C2. The molecule has 0 spiro atoms. The monoisotopic (exact) mass is 277 g/mol. The third-order valence-corrected chi connectivity index (χ3v) is 3.32. The van der Waals surface area contributed by atoms with Gasteiger partial charge < -0.3 is 4.84 Å². The summed E-state index contributed by atoms with van der Waals surface area (Å²) in [4.78, 5) is 13.7. The fraction of sp³-hybridized carbons (Fsp3) is 0.267. The second-order valence-corrected chi connectivity index (χ2v) is 4.58. The summed E-state index contributed by atoms with van der Waals surface area (Å²) in [5, 5.41) is 22.3. The van der Waals surface area contributed by atoms with Crippen LogP contribution in [0.25, 0.3) is 5.57 Å². The van der Waals surface area contributed by atoms with Crippen molar-refractivity contribution in [1.82, 2.24) is 9.97 Å². The first-order chi connectivity index (χ1) is 10.3.